The molecule has 102 valence electrons. The lowest BCUT2D eigenvalue weighted by Crippen LogP contribution is -2.24. The van der Waals surface area contributed by atoms with E-state index in [1.165, 1.54) is 11.1 Å². The Morgan fingerprint density at radius 2 is 1.70 bits per heavy atom. The van der Waals surface area contributed by atoms with Crippen LogP contribution in [0.1, 0.15) is 35.6 Å². The van der Waals surface area contributed by atoms with Crippen molar-refractivity contribution in [2.24, 2.45) is 0 Å². The maximum absolute atomic E-state index is 9.33. The van der Waals surface area contributed by atoms with Gasteiger partial charge in [0.05, 0.1) is 12.0 Å². The summed E-state index contributed by atoms with van der Waals surface area (Å²) >= 11 is 0. The molecule has 2 aromatic rings. The van der Waals surface area contributed by atoms with Gasteiger partial charge >= 0.3 is 0 Å². The highest BCUT2D eigenvalue weighted by molar-refractivity contribution is 5.29. The summed E-state index contributed by atoms with van der Waals surface area (Å²) in [6.45, 7) is 4.92. The first-order chi connectivity index (χ1) is 9.72. The Labute approximate surface area is 121 Å². The normalized spacial score (nSPS) is 13.4. The van der Waals surface area contributed by atoms with Crippen LogP contribution in [0.2, 0.25) is 0 Å². The Kier molecular flexibility index (Phi) is 4.92. The van der Waals surface area contributed by atoms with Gasteiger partial charge in [-0.1, -0.05) is 54.6 Å². The molecule has 2 atom stereocenters. The predicted octanol–water partition coefficient (Wildman–Crippen LogP) is 3.95. The summed E-state index contributed by atoms with van der Waals surface area (Å²) in [5.41, 5.74) is 3.64. The Morgan fingerprint density at radius 1 is 1.05 bits per heavy atom. The van der Waals surface area contributed by atoms with Crippen LogP contribution in [-0.4, -0.2) is 6.54 Å². The number of nitrogens with zero attached hydrogens (tertiary/aromatic N) is 1. The topological polar surface area (TPSA) is 35.8 Å². The van der Waals surface area contributed by atoms with Crippen LogP contribution in [0.5, 0.6) is 0 Å². The maximum atomic E-state index is 9.33. The summed E-state index contributed by atoms with van der Waals surface area (Å²) in [5, 5.41) is 12.8. The van der Waals surface area contributed by atoms with Crippen molar-refractivity contribution in [3.8, 4) is 6.07 Å². The van der Waals surface area contributed by atoms with Gasteiger partial charge in [0.1, 0.15) is 0 Å². The van der Waals surface area contributed by atoms with Crippen LogP contribution in [0.25, 0.3) is 0 Å². The average molecular weight is 264 g/mol. The molecule has 2 aromatic carbocycles. The molecule has 0 fully saturated rings. The van der Waals surface area contributed by atoms with Crippen LogP contribution in [0.15, 0.2) is 54.6 Å². The molecule has 0 saturated carbocycles. The van der Waals surface area contributed by atoms with E-state index in [1.807, 2.05) is 36.4 Å². The first kappa shape index (κ1) is 14.3. The van der Waals surface area contributed by atoms with Gasteiger partial charge in [-0.3, -0.25) is 0 Å². The summed E-state index contributed by atoms with van der Waals surface area (Å²) in [7, 11) is 0. The molecule has 0 saturated heterocycles. The van der Waals surface area contributed by atoms with Crippen molar-refractivity contribution in [3.05, 3.63) is 71.3 Å². The molecule has 0 spiro atoms. The van der Waals surface area contributed by atoms with E-state index < -0.39 is 0 Å². The quantitative estimate of drug-likeness (QED) is 0.887. The summed E-state index contributed by atoms with van der Waals surface area (Å²) in [5.74, 6) is -0.109. The predicted molar refractivity (Wildman–Crippen MR) is 82.4 cm³/mol. The standard InChI is InChI=1S/C18H20N2/c1-14-8-6-7-11-18(14)15(2)20-13-17(12-19)16-9-4-3-5-10-16/h3-11,15,17,20H,13H2,1-2H3/t15-,17?/m0/s1. The molecule has 1 N–H and O–H groups in total. The number of benzene rings is 2. The number of rotatable bonds is 5. The Balaban J connectivity index is 2.01. The second-order valence-electron chi connectivity index (χ2n) is 5.08. The molecule has 0 aromatic heterocycles. The van der Waals surface area contributed by atoms with E-state index >= 15 is 0 Å². The van der Waals surface area contributed by atoms with Crippen molar-refractivity contribution in [3.63, 3.8) is 0 Å². The van der Waals surface area contributed by atoms with Crippen LogP contribution in [0.3, 0.4) is 0 Å². The van der Waals surface area contributed by atoms with Gasteiger partial charge in [-0.25, -0.2) is 0 Å². The van der Waals surface area contributed by atoms with Crippen LogP contribution in [-0.2, 0) is 0 Å². The van der Waals surface area contributed by atoms with Gasteiger partial charge in [0, 0.05) is 12.6 Å². The highest BCUT2D eigenvalue weighted by Crippen LogP contribution is 2.19. The summed E-state index contributed by atoms with van der Waals surface area (Å²) < 4.78 is 0. The van der Waals surface area contributed by atoms with Gasteiger partial charge in [0.25, 0.3) is 0 Å². The number of hydrogen-bond acceptors (Lipinski definition) is 2. The summed E-state index contributed by atoms with van der Waals surface area (Å²) in [6.07, 6.45) is 0. The van der Waals surface area contributed by atoms with Crippen molar-refractivity contribution in [2.75, 3.05) is 6.54 Å². The fourth-order valence-electron chi connectivity index (χ4n) is 2.40. The molecule has 0 aliphatic carbocycles. The van der Waals surface area contributed by atoms with Crippen molar-refractivity contribution >= 4 is 0 Å². The SMILES string of the molecule is Cc1ccccc1[C@H](C)NCC(C#N)c1ccccc1. The van der Waals surface area contributed by atoms with Gasteiger partial charge in [-0.05, 0) is 30.5 Å². The van der Waals surface area contributed by atoms with Crippen LogP contribution < -0.4 is 5.32 Å². The number of nitriles is 1. The average Bonchev–Trinajstić information content (AvgIpc) is 2.49. The van der Waals surface area contributed by atoms with Crippen molar-refractivity contribution < 1.29 is 0 Å². The molecule has 0 amide bonds. The zero-order valence-electron chi connectivity index (χ0n) is 12.0. The summed E-state index contributed by atoms with van der Waals surface area (Å²) in [6, 6.07) is 20.9. The van der Waals surface area contributed by atoms with E-state index in [-0.39, 0.29) is 12.0 Å². The van der Waals surface area contributed by atoms with E-state index in [9.17, 15) is 5.26 Å². The first-order valence-electron chi connectivity index (χ1n) is 6.96. The fourth-order valence-corrected chi connectivity index (χ4v) is 2.40. The van der Waals surface area contributed by atoms with Crippen LogP contribution >= 0.6 is 0 Å². The molecule has 2 rings (SSSR count). The van der Waals surface area contributed by atoms with E-state index in [2.05, 4.69) is 43.4 Å². The Bertz CT molecular complexity index is 584. The molecule has 2 heteroatoms. The fraction of sp³-hybridized carbons (Fsp3) is 0.278. The van der Waals surface area contributed by atoms with E-state index in [1.54, 1.807) is 0 Å². The smallest absolute Gasteiger partial charge is 0.0837 e. The lowest BCUT2D eigenvalue weighted by Gasteiger charge is -2.18. The van der Waals surface area contributed by atoms with Crippen molar-refractivity contribution in [1.82, 2.24) is 5.32 Å². The van der Waals surface area contributed by atoms with E-state index in [4.69, 9.17) is 0 Å². The Hall–Kier alpha value is -2.11. The van der Waals surface area contributed by atoms with Crippen molar-refractivity contribution in [1.29, 1.82) is 5.26 Å². The van der Waals surface area contributed by atoms with Gasteiger partial charge in [0.2, 0.25) is 0 Å². The van der Waals surface area contributed by atoms with E-state index in [0.29, 0.717) is 6.54 Å². The minimum absolute atomic E-state index is 0.109. The van der Waals surface area contributed by atoms with Crippen LogP contribution in [0, 0.1) is 18.3 Å². The highest BCUT2D eigenvalue weighted by atomic mass is 14.9. The molecule has 2 nitrogen and oxygen atoms in total. The Morgan fingerprint density at radius 3 is 2.35 bits per heavy atom. The second-order valence-corrected chi connectivity index (χ2v) is 5.08. The van der Waals surface area contributed by atoms with Crippen LogP contribution in [0.4, 0.5) is 0 Å². The molecule has 0 aliphatic rings. The lowest BCUT2D eigenvalue weighted by atomic mass is 9.98. The molecule has 1 unspecified atom stereocenters. The number of hydrogen-bond donors (Lipinski definition) is 1. The van der Waals surface area contributed by atoms with E-state index in [0.717, 1.165) is 5.56 Å². The van der Waals surface area contributed by atoms with Gasteiger partial charge in [-0.15, -0.1) is 0 Å². The maximum Gasteiger partial charge on any atom is 0.0837 e. The zero-order valence-corrected chi connectivity index (χ0v) is 12.0. The molecule has 20 heavy (non-hydrogen) atoms. The van der Waals surface area contributed by atoms with Gasteiger partial charge in [-0.2, -0.15) is 5.26 Å². The van der Waals surface area contributed by atoms with Gasteiger partial charge < -0.3 is 5.32 Å². The van der Waals surface area contributed by atoms with Gasteiger partial charge in [0.15, 0.2) is 0 Å². The summed E-state index contributed by atoms with van der Waals surface area (Å²) in [4.78, 5) is 0. The lowest BCUT2D eigenvalue weighted by molar-refractivity contribution is 0.556. The third-order valence-electron chi connectivity index (χ3n) is 3.64. The third-order valence-corrected chi connectivity index (χ3v) is 3.64. The highest BCUT2D eigenvalue weighted by Gasteiger charge is 2.13. The minimum atomic E-state index is -0.109. The molecule has 0 aliphatic heterocycles. The molecule has 0 heterocycles. The monoisotopic (exact) mass is 264 g/mol. The number of nitrogens with one attached hydrogen (secondary N) is 1. The largest absolute Gasteiger partial charge is 0.309 e. The molecular formula is C18H20N2. The first-order valence-corrected chi connectivity index (χ1v) is 6.96. The second kappa shape index (κ2) is 6.88. The molecule has 0 bridgehead atoms. The molecular weight excluding hydrogens is 244 g/mol. The third kappa shape index (κ3) is 3.46. The van der Waals surface area contributed by atoms with Crippen molar-refractivity contribution in [2.45, 2.75) is 25.8 Å². The zero-order chi connectivity index (χ0) is 14.4. The number of aryl methyl sites for hydroxylation is 1. The molecule has 0 radical (unpaired) electrons. The minimum Gasteiger partial charge on any atom is -0.309 e.